The highest BCUT2D eigenvalue weighted by Crippen LogP contribution is 2.17. The van der Waals surface area contributed by atoms with Gasteiger partial charge in [0.05, 0.1) is 17.6 Å². The Hall–Kier alpha value is -2.37. The molecular weight excluding hydrogens is 216 g/mol. The van der Waals surface area contributed by atoms with Crippen molar-refractivity contribution in [3.05, 3.63) is 36.4 Å². The minimum atomic E-state index is 0.485. The van der Waals surface area contributed by atoms with Gasteiger partial charge in [0.1, 0.15) is 6.33 Å². The molecule has 2 N–H and O–H groups in total. The van der Waals surface area contributed by atoms with Crippen LogP contribution in [0.1, 0.15) is 5.82 Å². The lowest BCUT2D eigenvalue weighted by Crippen LogP contribution is -2.06. The molecule has 0 spiro atoms. The molecule has 3 aromatic rings. The number of benzene rings is 1. The maximum absolute atomic E-state index is 5.90. The van der Waals surface area contributed by atoms with E-state index in [9.17, 15) is 0 Å². The molecule has 3 rings (SSSR count). The van der Waals surface area contributed by atoms with E-state index in [4.69, 9.17) is 5.73 Å². The maximum Gasteiger partial charge on any atom is 0.201 e. The zero-order valence-electron chi connectivity index (χ0n) is 9.41. The third-order valence-corrected chi connectivity index (χ3v) is 2.63. The first-order chi connectivity index (χ1) is 8.24. The molecule has 0 saturated heterocycles. The molecule has 0 aliphatic carbocycles. The highest BCUT2D eigenvalue weighted by molar-refractivity contribution is 5.78. The van der Waals surface area contributed by atoms with E-state index in [-0.39, 0.29) is 0 Å². The van der Waals surface area contributed by atoms with Gasteiger partial charge in [0.2, 0.25) is 5.95 Å². The Balaban J connectivity index is 2.08. The summed E-state index contributed by atoms with van der Waals surface area (Å²) in [6.45, 7) is 0.535. The third kappa shape index (κ3) is 1.63. The van der Waals surface area contributed by atoms with Crippen LogP contribution in [-0.2, 0) is 13.6 Å². The number of imidazole rings is 1. The van der Waals surface area contributed by atoms with Crippen LogP contribution in [0.15, 0.2) is 30.6 Å². The summed E-state index contributed by atoms with van der Waals surface area (Å²) in [7, 11) is 1.84. The van der Waals surface area contributed by atoms with Gasteiger partial charge in [0.25, 0.3) is 0 Å². The van der Waals surface area contributed by atoms with E-state index in [0.29, 0.717) is 12.5 Å². The van der Waals surface area contributed by atoms with E-state index in [2.05, 4.69) is 15.1 Å². The molecule has 2 aromatic heterocycles. The van der Waals surface area contributed by atoms with Crippen molar-refractivity contribution in [2.45, 2.75) is 6.54 Å². The first-order valence-corrected chi connectivity index (χ1v) is 5.29. The van der Waals surface area contributed by atoms with Gasteiger partial charge in [-0.05, 0) is 12.1 Å². The summed E-state index contributed by atoms with van der Waals surface area (Å²) in [5.74, 6) is 1.21. The minimum absolute atomic E-state index is 0.485. The maximum atomic E-state index is 5.90. The minimum Gasteiger partial charge on any atom is -0.369 e. The predicted molar refractivity (Wildman–Crippen MR) is 64.3 cm³/mol. The van der Waals surface area contributed by atoms with Crippen molar-refractivity contribution in [3.8, 4) is 0 Å². The van der Waals surface area contributed by atoms with Gasteiger partial charge in [-0.1, -0.05) is 12.1 Å². The van der Waals surface area contributed by atoms with Gasteiger partial charge in [-0.3, -0.25) is 4.68 Å². The molecule has 2 heterocycles. The van der Waals surface area contributed by atoms with Gasteiger partial charge in [0.15, 0.2) is 5.82 Å². The zero-order valence-corrected chi connectivity index (χ0v) is 9.41. The molecule has 0 fully saturated rings. The van der Waals surface area contributed by atoms with Crippen LogP contribution in [0.25, 0.3) is 11.0 Å². The Bertz CT molecular complexity index is 665. The van der Waals surface area contributed by atoms with E-state index in [0.717, 1.165) is 16.9 Å². The topological polar surface area (TPSA) is 74.5 Å². The highest BCUT2D eigenvalue weighted by Gasteiger charge is 2.09. The van der Waals surface area contributed by atoms with Crippen LogP contribution in [0.2, 0.25) is 0 Å². The number of nitrogens with zero attached hydrogens (tertiary/aromatic N) is 5. The first kappa shape index (κ1) is 9.83. The standard InChI is InChI=1S/C11H12N6/c1-16-7-13-10(15-16)6-17-9-5-3-2-4-8(9)14-11(17)12/h2-5,7H,6H2,1H3,(H2,12,14). The molecule has 86 valence electrons. The number of aryl methyl sites for hydroxylation is 1. The van der Waals surface area contributed by atoms with Crippen LogP contribution in [0, 0.1) is 0 Å². The second-order valence-corrected chi connectivity index (χ2v) is 3.88. The Kier molecular flexibility index (Phi) is 2.07. The van der Waals surface area contributed by atoms with Gasteiger partial charge in [-0.2, -0.15) is 5.10 Å². The van der Waals surface area contributed by atoms with Crippen molar-refractivity contribution >= 4 is 17.0 Å². The van der Waals surface area contributed by atoms with Crippen molar-refractivity contribution in [1.29, 1.82) is 0 Å². The van der Waals surface area contributed by atoms with Gasteiger partial charge in [-0.25, -0.2) is 9.97 Å². The van der Waals surface area contributed by atoms with E-state index in [1.165, 1.54) is 0 Å². The lowest BCUT2D eigenvalue weighted by atomic mass is 10.3. The molecule has 1 aromatic carbocycles. The molecule has 6 heteroatoms. The molecule has 0 bridgehead atoms. The summed E-state index contributed by atoms with van der Waals surface area (Å²) >= 11 is 0. The van der Waals surface area contributed by atoms with Gasteiger partial charge in [0, 0.05) is 7.05 Å². The summed E-state index contributed by atoms with van der Waals surface area (Å²) in [5.41, 5.74) is 7.78. The molecule has 0 atom stereocenters. The lowest BCUT2D eigenvalue weighted by molar-refractivity contribution is 0.715. The van der Waals surface area contributed by atoms with Crippen LogP contribution in [-0.4, -0.2) is 24.3 Å². The fraction of sp³-hybridized carbons (Fsp3) is 0.182. The number of fused-ring (bicyclic) bond motifs is 1. The number of anilines is 1. The van der Waals surface area contributed by atoms with Gasteiger partial charge in [-0.15, -0.1) is 0 Å². The molecular formula is C11H12N6. The Morgan fingerprint density at radius 2 is 2.12 bits per heavy atom. The van der Waals surface area contributed by atoms with E-state index < -0.39 is 0 Å². The van der Waals surface area contributed by atoms with Crippen molar-refractivity contribution in [2.24, 2.45) is 7.05 Å². The lowest BCUT2D eigenvalue weighted by Gasteiger charge is -2.02. The molecule has 0 radical (unpaired) electrons. The van der Waals surface area contributed by atoms with E-state index in [1.54, 1.807) is 11.0 Å². The Morgan fingerprint density at radius 3 is 2.88 bits per heavy atom. The number of aromatic nitrogens is 5. The number of hydrogen-bond acceptors (Lipinski definition) is 4. The van der Waals surface area contributed by atoms with E-state index >= 15 is 0 Å². The van der Waals surface area contributed by atoms with Gasteiger partial charge < -0.3 is 10.3 Å². The third-order valence-electron chi connectivity index (χ3n) is 2.63. The average molecular weight is 228 g/mol. The Labute approximate surface area is 97.7 Å². The van der Waals surface area contributed by atoms with Crippen LogP contribution in [0.4, 0.5) is 5.95 Å². The van der Waals surface area contributed by atoms with Crippen LogP contribution >= 0.6 is 0 Å². The van der Waals surface area contributed by atoms with Crippen LogP contribution in [0.3, 0.4) is 0 Å². The average Bonchev–Trinajstić information content (AvgIpc) is 2.85. The summed E-state index contributed by atoms with van der Waals surface area (Å²) in [5, 5.41) is 4.23. The monoisotopic (exact) mass is 228 g/mol. The quantitative estimate of drug-likeness (QED) is 0.703. The van der Waals surface area contributed by atoms with Crippen LogP contribution in [0.5, 0.6) is 0 Å². The Morgan fingerprint density at radius 1 is 1.29 bits per heavy atom. The summed E-state index contributed by atoms with van der Waals surface area (Å²) in [4.78, 5) is 8.48. The highest BCUT2D eigenvalue weighted by atomic mass is 15.3. The summed E-state index contributed by atoms with van der Waals surface area (Å²) < 4.78 is 3.58. The summed E-state index contributed by atoms with van der Waals surface area (Å²) in [6.07, 6.45) is 1.67. The van der Waals surface area contributed by atoms with E-state index in [1.807, 2.05) is 35.9 Å². The van der Waals surface area contributed by atoms with Gasteiger partial charge >= 0.3 is 0 Å². The number of para-hydroxylation sites is 2. The fourth-order valence-electron chi connectivity index (χ4n) is 1.86. The predicted octanol–water partition coefficient (Wildman–Crippen LogP) is 0.795. The SMILES string of the molecule is Cn1cnc(Cn2c(N)nc3ccccc32)n1. The van der Waals surface area contributed by atoms with Crippen LogP contribution < -0.4 is 5.73 Å². The second kappa shape index (κ2) is 3.58. The van der Waals surface area contributed by atoms with Crippen molar-refractivity contribution in [2.75, 3.05) is 5.73 Å². The molecule has 17 heavy (non-hydrogen) atoms. The second-order valence-electron chi connectivity index (χ2n) is 3.88. The molecule has 0 aliphatic heterocycles. The molecule has 0 unspecified atom stereocenters. The molecule has 6 nitrogen and oxygen atoms in total. The number of nitrogens with two attached hydrogens (primary N) is 1. The largest absolute Gasteiger partial charge is 0.369 e. The summed E-state index contributed by atoms with van der Waals surface area (Å²) in [6, 6.07) is 7.83. The zero-order chi connectivity index (χ0) is 11.8. The molecule has 0 amide bonds. The molecule has 0 saturated carbocycles. The normalized spacial score (nSPS) is 11.1. The smallest absolute Gasteiger partial charge is 0.201 e. The number of hydrogen-bond donors (Lipinski definition) is 1. The van der Waals surface area contributed by atoms with Crippen molar-refractivity contribution in [1.82, 2.24) is 24.3 Å². The number of nitrogen functional groups attached to an aromatic ring is 1. The first-order valence-electron chi connectivity index (χ1n) is 5.29. The molecule has 0 aliphatic rings. The number of rotatable bonds is 2. The van der Waals surface area contributed by atoms with Crippen molar-refractivity contribution < 1.29 is 0 Å². The fourth-order valence-corrected chi connectivity index (χ4v) is 1.86. The van der Waals surface area contributed by atoms with Crippen molar-refractivity contribution in [3.63, 3.8) is 0 Å².